The molecule has 16 heavy (non-hydrogen) atoms. The van der Waals surface area contributed by atoms with Gasteiger partial charge in [-0.05, 0) is 31.4 Å². The SMILES string of the molecule is CC1CC(N)CN(C(C)c2ccccn2)C1. The lowest BCUT2D eigenvalue weighted by atomic mass is 9.95. The minimum absolute atomic E-state index is 0.315. The first kappa shape index (κ1) is 11.6. The van der Waals surface area contributed by atoms with Crippen molar-refractivity contribution in [1.82, 2.24) is 9.88 Å². The monoisotopic (exact) mass is 219 g/mol. The Morgan fingerprint density at radius 3 is 2.88 bits per heavy atom. The summed E-state index contributed by atoms with van der Waals surface area (Å²) in [5.74, 6) is 0.690. The molecule has 0 saturated carbocycles. The van der Waals surface area contributed by atoms with E-state index in [1.165, 1.54) is 0 Å². The van der Waals surface area contributed by atoms with Crippen molar-refractivity contribution in [3.05, 3.63) is 30.1 Å². The molecule has 3 atom stereocenters. The molecular weight excluding hydrogens is 198 g/mol. The highest BCUT2D eigenvalue weighted by Gasteiger charge is 2.26. The van der Waals surface area contributed by atoms with Crippen molar-refractivity contribution in [2.24, 2.45) is 11.7 Å². The number of aromatic nitrogens is 1. The van der Waals surface area contributed by atoms with Gasteiger partial charge in [-0.15, -0.1) is 0 Å². The summed E-state index contributed by atoms with van der Waals surface area (Å²) in [6, 6.07) is 6.78. The maximum Gasteiger partial charge on any atom is 0.0572 e. The highest BCUT2D eigenvalue weighted by atomic mass is 15.2. The highest BCUT2D eigenvalue weighted by Crippen LogP contribution is 2.24. The molecular formula is C13H21N3. The van der Waals surface area contributed by atoms with E-state index in [4.69, 9.17) is 5.73 Å². The lowest BCUT2D eigenvalue weighted by Crippen LogP contribution is -2.47. The molecule has 88 valence electrons. The summed E-state index contributed by atoms with van der Waals surface area (Å²) in [6.07, 6.45) is 3.00. The van der Waals surface area contributed by atoms with Crippen LogP contribution in [0.5, 0.6) is 0 Å². The van der Waals surface area contributed by atoms with Crippen LogP contribution in [-0.4, -0.2) is 29.0 Å². The second kappa shape index (κ2) is 4.93. The Kier molecular flexibility index (Phi) is 3.56. The zero-order valence-electron chi connectivity index (χ0n) is 10.1. The van der Waals surface area contributed by atoms with Gasteiger partial charge in [0.1, 0.15) is 0 Å². The largest absolute Gasteiger partial charge is 0.327 e. The van der Waals surface area contributed by atoms with Crippen molar-refractivity contribution >= 4 is 0 Å². The van der Waals surface area contributed by atoms with Gasteiger partial charge in [-0.25, -0.2) is 0 Å². The molecule has 3 heteroatoms. The molecule has 1 fully saturated rings. The van der Waals surface area contributed by atoms with Crippen LogP contribution in [0.2, 0.25) is 0 Å². The topological polar surface area (TPSA) is 42.1 Å². The molecule has 1 aromatic rings. The molecule has 0 aromatic carbocycles. The number of nitrogens with two attached hydrogens (primary N) is 1. The van der Waals surface area contributed by atoms with Crippen LogP contribution in [0.15, 0.2) is 24.4 Å². The minimum atomic E-state index is 0.315. The van der Waals surface area contributed by atoms with Crippen LogP contribution in [0.4, 0.5) is 0 Å². The van der Waals surface area contributed by atoms with Gasteiger partial charge in [0.25, 0.3) is 0 Å². The number of pyridine rings is 1. The van der Waals surface area contributed by atoms with Crippen LogP contribution in [0, 0.1) is 5.92 Å². The first-order valence-corrected chi connectivity index (χ1v) is 6.07. The molecule has 0 spiro atoms. The molecule has 0 bridgehead atoms. The zero-order valence-corrected chi connectivity index (χ0v) is 10.1. The number of likely N-dealkylation sites (tertiary alicyclic amines) is 1. The van der Waals surface area contributed by atoms with E-state index in [-0.39, 0.29) is 0 Å². The quantitative estimate of drug-likeness (QED) is 0.825. The minimum Gasteiger partial charge on any atom is -0.327 e. The predicted octanol–water partition coefficient (Wildman–Crippen LogP) is 1.81. The van der Waals surface area contributed by atoms with E-state index >= 15 is 0 Å². The molecule has 3 nitrogen and oxygen atoms in total. The maximum atomic E-state index is 6.07. The first-order valence-electron chi connectivity index (χ1n) is 6.07. The van der Waals surface area contributed by atoms with Crippen LogP contribution in [-0.2, 0) is 0 Å². The summed E-state index contributed by atoms with van der Waals surface area (Å²) < 4.78 is 0. The average molecular weight is 219 g/mol. The van der Waals surface area contributed by atoms with Gasteiger partial charge in [0, 0.05) is 31.4 Å². The third-order valence-corrected chi connectivity index (χ3v) is 3.38. The zero-order chi connectivity index (χ0) is 11.5. The van der Waals surface area contributed by atoms with E-state index in [0.717, 1.165) is 25.2 Å². The van der Waals surface area contributed by atoms with Crippen LogP contribution in [0.1, 0.15) is 32.0 Å². The normalized spacial score (nSPS) is 28.9. The highest BCUT2D eigenvalue weighted by molar-refractivity contribution is 5.08. The van der Waals surface area contributed by atoms with E-state index in [2.05, 4.69) is 29.8 Å². The maximum absolute atomic E-state index is 6.07. The van der Waals surface area contributed by atoms with E-state index in [1.54, 1.807) is 0 Å². The molecule has 1 aromatic heterocycles. The molecule has 3 unspecified atom stereocenters. The molecule has 0 amide bonds. The number of hydrogen-bond donors (Lipinski definition) is 1. The molecule has 0 radical (unpaired) electrons. The van der Waals surface area contributed by atoms with Crippen molar-refractivity contribution in [1.29, 1.82) is 0 Å². The van der Waals surface area contributed by atoms with Crippen molar-refractivity contribution < 1.29 is 0 Å². The van der Waals surface area contributed by atoms with Gasteiger partial charge >= 0.3 is 0 Å². The van der Waals surface area contributed by atoms with Crippen molar-refractivity contribution in [3.8, 4) is 0 Å². The van der Waals surface area contributed by atoms with Gasteiger partial charge in [0.15, 0.2) is 0 Å². The molecule has 1 saturated heterocycles. The fourth-order valence-electron chi connectivity index (χ4n) is 2.57. The Morgan fingerprint density at radius 1 is 1.44 bits per heavy atom. The third-order valence-electron chi connectivity index (χ3n) is 3.38. The van der Waals surface area contributed by atoms with Gasteiger partial charge < -0.3 is 5.73 Å². The van der Waals surface area contributed by atoms with Gasteiger partial charge in [-0.1, -0.05) is 13.0 Å². The summed E-state index contributed by atoms with van der Waals surface area (Å²) in [6.45, 7) is 6.61. The smallest absolute Gasteiger partial charge is 0.0572 e. The van der Waals surface area contributed by atoms with Gasteiger partial charge in [0.2, 0.25) is 0 Å². The summed E-state index contributed by atoms with van der Waals surface area (Å²) in [4.78, 5) is 6.87. The molecule has 1 aliphatic rings. The van der Waals surface area contributed by atoms with Crippen LogP contribution >= 0.6 is 0 Å². The van der Waals surface area contributed by atoms with Crippen LogP contribution in [0.3, 0.4) is 0 Å². The Bertz CT molecular complexity index is 315. The van der Waals surface area contributed by atoms with Crippen LogP contribution in [0.25, 0.3) is 0 Å². The number of nitrogens with zero attached hydrogens (tertiary/aromatic N) is 2. The predicted molar refractivity (Wildman–Crippen MR) is 66.0 cm³/mol. The molecule has 2 rings (SSSR count). The lowest BCUT2D eigenvalue weighted by Gasteiger charge is -2.38. The Balaban J connectivity index is 2.07. The molecule has 2 heterocycles. The number of hydrogen-bond acceptors (Lipinski definition) is 3. The summed E-state index contributed by atoms with van der Waals surface area (Å²) in [7, 11) is 0. The summed E-state index contributed by atoms with van der Waals surface area (Å²) >= 11 is 0. The summed E-state index contributed by atoms with van der Waals surface area (Å²) in [5, 5.41) is 0. The van der Waals surface area contributed by atoms with Crippen molar-refractivity contribution in [2.45, 2.75) is 32.4 Å². The second-order valence-electron chi connectivity index (χ2n) is 4.99. The average Bonchev–Trinajstić information content (AvgIpc) is 2.28. The summed E-state index contributed by atoms with van der Waals surface area (Å²) in [5.41, 5.74) is 7.21. The Morgan fingerprint density at radius 2 is 2.25 bits per heavy atom. The van der Waals surface area contributed by atoms with Gasteiger partial charge in [-0.2, -0.15) is 0 Å². The van der Waals surface area contributed by atoms with Gasteiger partial charge in [-0.3, -0.25) is 9.88 Å². The van der Waals surface area contributed by atoms with E-state index in [1.807, 2.05) is 18.3 Å². The fraction of sp³-hybridized carbons (Fsp3) is 0.615. The molecule has 2 N–H and O–H groups in total. The lowest BCUT2D eigenvalue weighted by molar-refractivity contribution is 0.122. The third kappa shape index (κ3) is 2.60. The van der Waals surface area contributed by atoms with Gasteiger partial charge in [0.05, 0.1) is 5.69 Å². The first-order chi connectivity index (χ1) is 7.66. The van der Waals surface area contributed by atoms with E-state index in [9.17, 15) is 0 Å². The van der Waals surface area contributed by atoms with Crippen molar-refractivity contribution in [2.75, 3.05) is 13.1 Å². The molecule has 0 aliphatic carbocycles. The Hall–Kier alpha value is -0.930. The molecule has 1 aliphatic heterocycles. The Labute approximate surface area is 97.7 Å². The number of rotatable bonds is 2. The van der Waals surface area contributed by atoms with Crippen molar-refractivity contribution in [3.63, 3.8) is 0 Å². The van der Waals surface area contributed by atoms with Crippen LogP contribution < -0.4 is 5.73 Å². The fourth-order valence-corrected chi connectivity index (χ4v) is 2.57. The standard InChI is InChI=1S/C13H21N3/c1-10-7-12(14)9-16(8-10)11(2)13-5-3-4-6-15-13/h3-6,10-12H,7-9,14H2,1-2H3. The number of piperidine rings is 1. The second-order valence-corrected chi connectivity index (χ2v) is 4.99. The van der Waals surface area contributed by atoms with E-state index < -0.39 is 0 Å². The van der Waals surface area contributed by atoms with E-state index in [0.29, 0.717) is 18.0 Å².